The Morgan fingerprint density at radius 1 is 1.19 bits per heavy atom. The second-order valence-corrected chi connectivity index (χ2v) is 6.99. The van der Waals surface area contributed by atoms with Crippen LogP contribution >= 0.6 is 23.2 Å². The van der Waals surface area contributed by atoms with Gasteiger partial charge in [0.1, 0.15) is 11.6 Å². The van der Waals surface area contributed by atoms with Gasteiger partial charge in [0.05, 0.1) is 24.4 Å². The lowest BCUT2D eigenvalue weighted by atomic mass is 10.1. The van der Waals surface area contributed by atoms with Gasteiger partial charge >= 0.3 is 0 Å². The molecule has 0 saturated carbocycles. The van der Waals surface area contributed by atoms with E-state index in [0.29, 0.717) is 6.54 Å². The normalized spacial score (nSPS) is 14.9. The molecule has 1 fully saturated rings. The molecule has 9 heteroatoms. The number of amides is 1. The molecule has 1 aliphatic rings. The van der Waals surface area contributed by atoms with Crippen LogP contribution in [0.5, 0.6) is 0 Å². The number of aromatic nitrogens is 2. The van der Waals surface area contributed by atoms with Gasteiger partial charge < -0.3 is 10.1 Å². The highest BCUT2D eigenvalue weighted by Gasteiger charge is 2.14. The second kappa shape index (κ2) is 9.32. The number of carbonyl (C=O) groups is 1. The van der Waals surface area contributed by atoms with Crippen molar-refractivity contribution >= 4 is 29.1 Å². The summed E-state index contributed by atoms with van der Waals surface area (Å²) < 4.78 is 6.37. The monoisotopic (exact) mass is 410 g/mol. The summed E-state index contributed by atoms with van der Waals surface area (Å²) in [6.07, 6.45) is 1.25. The molecule has 3 rings (SSSR count). The average molecular weight is 411 g/mol. The van der Waals surface area contributed by atoms with Crippen LogP contribution in [0.25, 0.3) is 0 Å². The fraction of sp³-hybridized carbons (Fsp3) is 0.389. The molecule has 0 atom stereocenters. The summed E-state index contributed by atoms with van der Waals surface area (Å²) in [6.45, 7) is 4.23. The van der Waals surface area contributed by atoms with Crippen molar-refractivity contribution < 1.29 is 9.53 Å². The second-order valence-electron chi connectivity index (χ2n) is 6.20. The molecule has 1 aromatic carbocycles. The summed E-state index contributed by atoms with van der Waals surface area (Å²) in [7, 11) is 0. The molecule has 0 bridgehead atoms. The van der Waals surface area contributed by atoms with Gasteiger partial charge in [-0.05, 0) is 11.1 Å². The first kappa shape index (κ1) is 19.8. The van der Waals surface area contributed by atoms with Crippen molar-refractivity contribution in [3.05, 3.63) is 62.0 Å². The molecule has 0 unspecified atom stereocenters. The van der Waals surface area contributed by atoms with Crippen molar-refractivity contribution in [2.45, 2.75) is 19.6 Å². The minimum Gasteiger partial charge on any atom is -0.379 e. The van der Waals surface area contributed by atoms with E-state index in [0.717, 1.165) is 48.7 Å². The summed E-state index contributed by atoms with van der Waals surface area (Å²) in [5, 5.41) is 6.59. The number of morpholine rings is 1. The van der Waals surface area contributed by atoms with E-state index in [1.165, 1.54) is 6.20 Å². The number of nitrogens with one attached hydrogen (secondary N) is 1. The lowest BCUT2D eigenvalue weighted by Crippen LogP contribution is -2.36. The maximum absolute atomic E-state index is 12.2. The largest absolute Gasteiger partial charge is 0.379 e. The van der Waals surface area contributed by atoms with Crippen LogP contribution in [0, 0.1) is 0 Å². The van der Waals surface area contributed by atoms with Gasteiger partial charge in [0.2, 0.25) is 5.91 Å². The molecular weight excluding hydrogens is 391 g/mol. The molecule has 0 spiro atoms. The molecule has 1 amide bonds. The number of carbonyl (C=O) groups excluding carboxylic acids is 1. The van der Waals surface area contributed by atoms with E-state index in [4.69, 9.17) is 27.9 Å². The van der Waals surface area contributed by atoms with Crippen LogP contribution in [-0.4, -0.2) is 46.9 Å². The van der Waals surface area contributed by atoms with E-state index in [1.807, 2.05) is 18.2 Å². The van der Waals surface area contributed by atoms with Gasteiger partial charge in [-0.15, -0.1) is 0 Å². The zero-order valence-electron chi connectivity index (χ0n) is 14.7. The van der Waals surface area contributed by atoms with Gasteiger partial charge in [0.25, 0.3) is 5.56 Å². The predicted molar refractivity (Wildman–Crippen MR) is 103 cm³/mol. The Morgan fingerprint density at radius 3 is 2.63 bits per heavy atom. The lowest BCUT2D eigenvalue weighted by molar-refractivity contribution is -0.122. The van der Waals surface area contributed by atoms with E-state index < -0.39 is 5.56 Å². The number of hydrogen-bond donors (Lipinski definition) is 1. The minimum atomic E-state index is -0.591. The summed E-state index contributed by atoms with van der Waals surface area (Å²) in [5.74, 6) is -0.329. The van der Waals surface area contributed by atoms with Crippen LogP contribution in [0.2, 0.25) is 10.0 Å². The predicted octanol–water partition coefficient (Wildman–Crippen LogP) is 1.70. The maximum Gasteiger partial charge on any atom is 0.287 e. The van der Waals surface area contributed by atoms with Gasteiger partial charge in [-0.3, -0.25) is 14.5 Å². The maximum atomic E-state index is 12.2. The van der Waals surface area contributed by atoms with E-state index in [2.05, 4.69) is 21.4 Å². The molecule has 7 nitrogen and oxygen atoms in total. The zero-order valence-corrected chi connectivity index (χ0v) is 16.2. The highest BCUT2D eigenvalue weighted by molar-refractivity contribution is 6.41. The third-order valence-corrected chi connectivity index (χ3v) is 5.08. The Bertz CT molecular complexity index is 866. The molecule has 0 radical (unpaired) electrons. The summed E-state index contributed by atoms with van der Waals surface area (Å²) in [6, 6.07) is 7.97. The molecule has 1 aromatic heterocycles. The van der Waals surface area contributed by atoms with Gasteiger partial charge in [0, 0.05) is 26.2 Å². The molecular formula is C18H20Cl2N4O3. The Morgan fingerprint density at radius 2 is 1.89 bits per heavy atom. The quantitative estimate of drug-likeness (QED) is 0.783. The van der Waals surface area contributed by atoms with Crippen molar-refractivity contribution in [3.8, 4) is 0 Å². The van der Waals surface area contributed by atoms with Crippen molar-refractivity contribution in [1.29, 1.82) is 0 Å². The summed E-state index contributed by atoms with van der Waals surface area (Å²) in [4.78, 5) is 26.5. The van der Waals surface area contributed by atoms with Crippen LogP contribution < -0.4 is 10.9 Å². The van der Waals surface area contributed by atoms with Crippen LogP contribution in [0.15, 0.2) is 35.3 Å². The third kappa shape index (κ3) is 5.29. The first-order chi connectivity index (χ1) is 13.0. The molecule has 1 N–H and O–H groups in total. The van der Waals surface area contributed by atoms with Crippen LogP contribution in [-0.2, 0) is 29.2 Å². The van der Waals surface area contributed by atoms with Gasteiger partial charge in [-0.25, -0.2) is 4.68 Å². The van der Waals surface area contributed by atoms with E-state index in [1.54, 1.807) is 0 Å². The fourth-order valence-electron chi connectivity index (χ4n) is 2.83. The number of hydrogen-bond acceptors (Lipinski definition) is 5. The van der Waals surface area contributed by atoms with Crippen molar-refractivity contribution in [3.63, 3.8) is 0 Å². The number of halogens is 2. The fourth-order valence-corrected chi connectivity index (χ4v) is 3.10. The highest BCUT2D eigenvalue weighted by atomic mass is 35.5. The Labute approximate surface area is 166 Å². The molecule has 144 valence electrons. The molecule has 2 aromatic rings. The molecule has 1 aliphatic heterocycles. The SMILES string of the molecule is O=C(Cn1ncc(Cl)c(Cl)c1=O)NCc1ccccc1CN1CCOCC1. The standard InChI is InChI=1S/C18H20Cl2N4O3/c19-15-10-22-24(18(26)17(15)20)12-16(25)21-9-13-3-1-2-4-14(13)11-23-5-7-27-8-6-23/h1-4,10H,5-9,11-12H2,(H,21,25). The summed E-state index contributed by atoms with van der Waals surface area (Å²) in [5.41, 5.74) is 1.60. The average Bonchev–Trinajstić information content (AvgIpc) is 2.68. The Balaban J connectivity index is 1.60. The van der Waals surface area contributed by atoms with Crippen LogP contribution in [0.3, 0.4) is 0 Å². The number of benzene rings is 1. The number of nitrogens with zero attached hydrogens (tertiary/aromatic N) is 3. The van der Waals surface area contributed by atoms with Gasteiger partial charge in [0.15, 0.2) is 0 Å². The third-order valence-electron chi connectivity index (χ3n) is 4.33. The first-order valence-electron chi connectivity index (χ1n) is 8.59. The molecule has 1 saturated heterocycles. The zero-order chi connectivity index (χ0) is 19.2. The van der Waals surface area contributed by atoms with Gasteiger partial charge in [-0.1, -0.05) is 47.5 Å². The molecule has 0 aliphatic carbocycles. The van der Waals surface area contributed by atoms with Crippen molar-refractivity contribution in [2.75, 3.05) is 26.3 Å². The number of rotatable bonds is 6. The minimum absolute atomic E-state index is 0.0652. The van der Waals surface area contributed by atoms with Crippen molar-refractivity contribution in [2.24, 2.45) is 0 Å². The van der Waals surface area contributed by atoms with Gasteiger partial charge in [-0.2, -0.15) is 5.10 Å². The van der Waals surface area contributed by atoms with E-state index in [9.17, 15) is 9.59 Å². The smallest absolute Gasteiger partial charge is 0.287 e. The van der Waals surface area contributed by atoms with E-state index in [-0.39, 0.29) is 22.5 Å². The topological polar surface area (TPSA) is 76.5 Å². The first-order valence-corrected chi connectivity index (χ1v) is 9.35. The molecule has 2 heterocycles. The van der Waals surface area contributed by atoms with E-state index >= 15 is 0 Å². The Hall–Kier alpha value is -1.93. The molecule has 27 heavy (non-hydrogen) atoms. The number of ether oxygens (including phenoxy) is 1. The Kier molecular flexibility index (Phi) is 6.84. The van der Waals surface area contributed by atoms with Crippen LogP contribution in [0.1, 0.15) is 11.1 Å². The van der Waals surface area contributed by atoms with Crippen LogP contribution in [0.4, 0.5) is 0 Å². The highest BCUT2D eigenvalue weighted by Crippen LogP contribution is 2.15. The van der Waals surface area contributed by atoms with Crippen molar-refractivity contribution in [1.82, 2.24) is 20.0 Å². The lowest BCUT2D eigenvalue weighted by Gasteiger charge is -2.27. The summed E-state index contributed by atoms with van der Waals surface area (Å²) >= 11 is 11.5.